The summed E-state index contributed by atoms with van der Waals surface area (Å²) in [6, 6.07) is 7.66. The third kappa shape index (κ3) is 3.27. The molecule has 1 fully saturated rings. The first kappa shape index (κ1) is 15.7. The van der Waals surface area contributed by atoms with E-state index in [1.165, 1.54) is 12.6 Å². The fraction of sp³-hybridized carbons (Fsp3) is 0.471. The molecule has 0 spiro atoms. The van der Waals surface area contributed by atoms with Gasteiger partial charge in [0.25, 0.3) is 0 Å². The minimum atomic E-state index is -0.318. The number of nitro groups is 1. The van der Waals surface area contributed by atoms with Gasteiger partial charge in [0, 0.05) is 18.5 Å². The van der Waals surface area contributed by atoms with Crippen molar-refractivity contribution in [2.24, 2.45) is 5.92 Å². The van der Waals surface area contributed by atoms with E-state index in [1.807, 2.05) is 31.3 Å². The van der Waals surface area contributed by atoms with Gasteiger partial charge in [0.15, 0.2) is 0 Å². The van der Waals surface area contributed by atoms with Crippen molar-refractivity contribution in [3.8, 4) is 0 Å². The highest BCUT2D eigenvalue weighted by atomic mass is 16.6. The minimum absolute atomic E-state index is 0.109. The number of rotatable bonds is 5. The van der Waals surface area contributed by atoms with Crippen LogP contribution in [0, 0.1) is 16.0 Å². The molecule has 0 amide bonds. The molecular weight excluding hydrogens is 292 g/mol. The van der Waals surface area contributed by atoms with Crippen LogP contribution >= 0.6 is 0 Å². The number of benzene rings is 1. The molecule has 0 aliphatic carbocycles. The number of nitrogens with one attached hydrogen (secondary N) is 1. The molecule has 122 valence electrons. The molecule has 6 nitrogen and oxygen atoms in total. The fourth-order valence-corrected chi connectivity index (χ4v) is 3.38. The standard InChI is InChI=1S/C17H22N4O2/c1-18-9-6-13-7-10-20(11-8-13)17-14-4-2-3-5-15(14)19-12-16(17)21(22)23/h2-5,12-13,18H,6-11H2,1H3. The number of fused-ring (bicyclic) bond motifs is 1. The molecule has 23 heavy (non-hydrogen) atoms. The first-order valence-electron chi connectivity index (χ1n) is 8.12. The molecule has 1 saturated heterocycles. The maximum absolute atomic E-state index is 11.4. The number of hydrogen-bond acceptors (Lipinski definition) is 5. The van der Waals surface area contributed by atoms with Crippen molar-refractivity contribution in [3.63, 3.8) is 0 Å². The molecule has 0 saturated carbocycles. The van der Waals surface area contributed by atoms with Gasteiger partial charge in [0.2, 0.25) is 0 Å². The molecule has 2 aromatic rings. The summed E-state index contributed by atoms with van der Waals surface area (Å²) < 4.78 is 0. The van der Waals surface area contributed by atoms with Crippen LogP contribution in [0.25, 0.3) is 10.9 Å². The van der Waals surface area contributed by atoms with Gasteiger partial charge in [0.1, 0.15) is 11.9 Å². The number of piperidine rings is 1. The van der Waals surface area contributed by atoms with E-state index in [9.17, 15) is 10.1 Å². The van der Waals surface area contributed by atoms with Gasteiger partial charge in [-0.2, -0.15) is 0 Å². The molecule has 1 aromatic carbocycles. The molecule has 1 aliphatic heterocycles. The molecular formula is C17H22N4O2. The van der Waals surface area contributed by atoms with E-state index in [2.05, 4.69) is 15.2 Å². The molecule has 3 rings (SSSR count). The van der Waals surface area contributed by atoms with Crippen molar-refractivity contribution >= 4 is 22.3 Å². The average molecular weight is 314 g/mol. The maximum Gasteiger partial charge on any atom is 0.311 e. The van der Waals surface area contributed by atoms with Crippen molar-refractivity contribution in [2.45, 2.75) is 19.3 Å². The molecule has 0 unspecified atom stereocenters. The number of nitrogens with zero attached hydrogens (tertiary/aromatic N) is 3. The first-order valence-corrected chi connectivity index (χ1v) is 8.12. The minimum Gasteiger partial charge on any atom is -0.365 e. The molecule has 2 heterocycles. The number of anilines is 1. The Labute approximate surface area is 135 Å². The highest BCUT2D eigenvalue weighted by Gasteiger charge is 2.27. The predicted molar refractivity (Wildman–Crippen MR) is 91.9 cm³/mol. The normalized spacial score (nSPS) is 16.0. The summed E-state index contributed by atoms with van der Waals surface area (Å²) in [7, 11) is 1.97. The Bertz CT molecular complexity index is 696. The summed E-state index contributed by atoms with van der Waals surface area (Å²) in [6.45, 7) is 2.76. The first-order chi connectivity index (χ1) is 11.2. The Morgan fingerprint density at radius 3 is 2.78 bits per heavy atom. The largest absolute Gasteiger partial charge is 0.365 e. The lowest BCUT2D eigenvalue weighted by Gasteiger charge is -2.33. The van der Waals surface area contributed by atoms with Crippen LogP contribution in [0.1, 0.15) is 19.3 Å². The molecule has 0 atom stereocenters. The molecule has 6 heteroatoms. The Balaban J connectivity index is 1.90. The number of aromatic nitrogens is 1. The zero-order chi connectivity index (χ0) is 16.2. The van der Waals surface area contributed by atoms with E-state index >= 15 is 0 Å². The van der Waals surface area contributed by atoms with Crippen LogP contribution < -0.4 is 10.2 Å². The van der Waals surface area contributed by atoms with E-state index < -0.39 is 0 Å². The van der Waals surface area contributed by atoms with Crippen molar-refractivity contribution in [2.75, 3.05) is 31.6 Å². The smallest absolute Gasteiger partial charge is 0.311 e. The van der Waals surface area contributed by atoms with Crippen LogP contribution in [0.2, 0.25) is 0 Å². The molecule has 1 N–H and O–H groups in total. The number of hydrogen-bond donors (Lipinski definition) is 1. The molecule has 1 aliphatic rings. The van der Waals surface area contributed by atoms with Gasteiger partial charge in [0.05, 0.1) is 10.4 Å². The zero-order valence-corrected chi connectivity index (χ0v) is 13.4. The lowest BCUT2D eigenvalue weighted by atomic mass is 9.93. The van der Waals surface area contributed by atoms with Crippen LogP contribution in [0.5, 0.6) is 0 Å². The quantitative estimate of drug-likeness (QED) is 0.678. The maximum atomic E-state index is 11.4. The van der Waals surface area contributed by atoms with E-state index in [1.54, 1.807) is 0 Å². The fourth-order valence-electron chi connectivity index (χ4n) is 3.38. The third-order valence-corrected chi connectivity index (χ3v) is 4.66. The Hall–Kier alpha value is -2.21. The second kappa shape index (κ2) is 6.91. The molecule has 0 bridgehead atoms. The van der Waals surface area contributed by atoms with Crippen LogP contribution in [-0.4, -0.2) is 36.6 Å². The van der Waals surface area contributed by atoms with Gasteiger partial charge in [-0.1, -0.05) is 18.2 Å². The summed E-state index contributed by atoms with van der Waals surface area (Å²) >= 11 is 0. The summed E-state index contributed by atoms with van der Waals surface area (Å²) in [4.78, 5) is 17.5. The van der Waals surface area contributed by atoms with Gasteiger partial charge in [-0.05, 0) is 44.8 Å². The summed E-state index contributed by atoms with van der Waals surface area (Å²) in [6.07, 6.45) is 4.72. The summed E-state index contributed by atoms with van der Waals surface area (Å²) in [5.74, 6) is 0.700. The lowest BCUT2D eigenvalue weighted by Crippen LogP contribution is -2.35. The van der Waals surface area contributed by atoms with Gasteiger partial charge in [-0.15, -0.1) is 0 Å². The highest BCUT2D eigenvalue weighted by molar-refractivity contribution is 5.96. The lowest BCUT2D eigenvalue weighted by molar-refractivity contribution is -0.384. The van der Waals surface area contributed by atoms with Gasteiger partial charge >= 0.3 is 5.69 Å². The van der Waals surface area contributed by atoms with Crippen LogP contribution in [0.3, 0.4) is 0 Å². The van der Waals surface area contributed by atoms with E-state index in [0.29, 0.717) is 5.92 Å². The topological polar surface area (TPSA) is 71.3 Å². The third-order valence-electron chi connectivity index (χ3n) is 4.66. The van der Waals surface area contributed by atoms with E-state index in [0.717, 1.165) is 49.1 Å². The predicted octanol–water partition coefficient (Wildman–Crippen LogP) is 2.97. The Morgan fingerprint density at radius 1 is 1.35 bits per heavy atom. The van der Waals surface area contributed by atoms with Crippen LogP contribution in [0.15, 0.2) is 30.5 Å². The van der Waals surface area contributed by atoms with Crippen molar-refractivity contribution in [3.05, 3.63) is 40.6 Å². The zero-order valence-electron chi connectivity index (χ0n) is 13.4. The van der Waals surface area contributed by atoms with Crippen molar-refractivity contribution in [1.29, 1.82) is 0 Å². The number of para-hydroxylation sites is 1. The van der Waals surface area contributed by atoms with Crippen molar-refractivity contribution < 1.29 is 4.92 Å². The molecule has 1 aromatic heterocycles. The Kier molecular flexibility index (Phi) is 4.71. The Morgan fingerprint density at radius 2 is 2.09 bits per heavy atom. The van der Waals surface area contributed by atoms with Crippen LogP contribution in [0.4, 0.5) is 11.4 Å². The van der Waals surface area contributed by atoms with Crippen LogP contribution in [-0.2, 0) is 0 Å². The SMILES string of the molecule is CNCCC1CCN(c2c([N+](=O)[O-])cnc3ccccc23)CC1. The molecule has 0 radical (unpaired) electrons. The second-order valence-corrected chi connectivity index (χ2v) is 6.09. The van der Waals surface area contributed by atoms with E-state index in [-0.39, 0.29) is 10.6 Å². The summed E-state index contributed by atoms with van der Waals surface area (Å²) in [5.41, 5.74) is 1.65. The highest BCUT2D eigenvalue weighted by Crippen LogP contribution is 2.37. The van der Waals surface area contributed by atoms with Gasteiger partial charge < -0.3 is 10.2 Å². The summed E-state index contributed by atoms with van der Waals surface area (Å²) in [5, 5.41) is 15.5. The van der Waals surface area contributed by atoms with E-state index in [4.69, 9.17) is 0 Å². The van der Waals surface area contributed by atoms with Gasteiger partial charge in [-0.3, -0.25) is 10.1 Å². The monoisotopic (exact) mass is 314 g/mol. The van der Waals surface area contributed by atoms with Gasteiger partial charge in [-0.25, -0.2) is 4.98 Å². The van der Waals surface area contributed by atoms with Crippen molar-refractivity contribution in [1.82, 2.24) is 10.3 Å². The second-order valence-electron chi connectivity index (χ2n) is 6.09. The number of pyridine rings is 1. The average Bonchev–Trinajstić information content (AvgIpc) is 2.59.